The lowest BCUT2D eigenvalue weighted by atomic mass is 9.87. The summed E-state index contributed by atoms with van der Waals surface area (Å²) in [6, 6.07) is 5.10. The molecular weight excluding hydrogens is 1310 g/mol. The Kier molecular flexibility index (Phi) is 27.0. The first kappa shape index (κ1) is 84.3. The number of benzene rings is 1. The van der Waals surface area contributed by atoms with Crippen molar-refractivity contribution in [2.75, 3.05) is 79.3 Å². The maximum absolute atomic E-state index is 13.0. The smallest absolute Gasteiger partial charge is 0.310 e. The molecule has 6 unspecified atom stereocenters. The van der Waals surface area contributed by atoms with Crippen molar-refractivity contribution in [2.24, 2.45) is 35.5 Å². The van der Waals surface area contributed by atoms with Gasteiger partial charge in [-0.25, -0.2) is 0 Å². The number of hydrogen-bond acceptors (Lipinski definition) is 24. The highest BCUT2D eigenvalue weighted by atomic mass is 16.6. The van der Waals surface area contributed by atoms with E-state index in [1.165, 1.54) is 0 Å². The van der Waals surface area contributed by atoms with Gasteiger partial charge in [0.1, 0.15) is 76.7 Å². The molecule has 582 valence electrons. The lowest BCUT2D eigenvalue weighted by molar-refractivity contribution is -0.157. The van der Waals surface area contributed by atoms with Crippen LogP contribution >= 0.6 is 0 Å². The second kappa shape index (κ2) is 32.7. The fraction of sp³-hybridized carbons (Fsp3) is 0.846. The molecule has 6 atom stereocenters. The molecule has 7 aliphatic rings. The van der Waals surface area contributed by atoms with Gasteiger partial charge in [0.25, 0.3) is 0 Å². The highest BCUT2D eigenvalue weighted by molar-refractivity contribution is 5.77. The summed E-state index contributed by atoms with van der Waals surface area (Å²) in [6.45, 7) is 51.3. The van der Waals surface area contributed by atoms with Gasteiger partial charge in [-0.2, -0.15) is 0 Å². The van der Waals surface area contributed by atoms with E-state index in [9.17, 15) is 28.8 Å². The van der Waals surface area contributed by atoms with E-state index < -0.39 is 0 Å². The molecule has 6 aliphatic heterocycles. The van der Waals surface area contributed by atoms with Crippen LogP contribution in [0.25, 0.3) is 0 Å². The van der Waals surface area contributed by atoms with Crippen molar-refractivity contribution in [1.82, 2.24) is 31.9 Å². The number of hydrogen-bond donors (Lipinski definition) is 6. The Balaban J connectivity index is 0.000000286. The molecule has 0 aromatic heterocycles. The maximum Gasteiger partial charge on any atom is 0.310 e. The van der Waals surface area contributed by atoms with E-state index in [0.29, 0.717) is 75.0 Å². The SMILES string of the molecule is CC1(C)CC(C(=O)OCCOC2CC(OCCOC(=O)C3CC(C)(C)NC3(C)C)CC(OCCOC(=O)C3CC(C)(C)NC3(C)C)C2)C(C)(C)N1.CC1(C)CC(C(=O)OCCOc2cc(OCCOC(=O)C3CC(C)(C)NC3(C)C)cc(OCCOC(=O)C3CC(C)(C)NC3(C)C)c2)C(C)(C)N1. The molecule has 1 saturated carbocycles. The molecule has 1 aromatic carbocycles. The van der Waals surface area contributed by atoms with Crippen molar-refractivity contribution in [3.05, 3.63) is 18.2 Å². The van der Waals surface area contributed by atoms with Crippen LogP contribution < -0.4 is 46.1 Å². The van der Waals surface area contributed by atoms with Crippen LogP contribution in [0, 0.1) is 35.5 Å². The Hall–Kier alpha value is -4.92. The third kappa shape index (κ3) is 24.0. The van der Waals surface area contributed by atoms with E-state index in [0.717, 1.165) is 0 Å². The Morgan fingerprint density at radius 2 is 0.422 bits per heavy atom. The molecule has 1 aromatic rings. The van der Waals surface area contributed by atoms with Gasteiger partial charge < -0.3 is 88.7 Å². The molecule has 7 fully saturated rings. The van der Waals surface area contributed by atoms with Crippen LogP contribution in [-0.4, -0.2) is 200 Å². The molecule has 1 aliphatic carbocycles. The lowest BCUT2D eigenvalue weighted by Gasteiger charge is -2.35. The second-order valence-corrected chi connectivity index (χ2v) is 37.3. The van der Waals surface area contributed by atoms with Gasteiger partial charge in [0.15, 0.2) is 0 Å². The van der Waals surface area contributed by atoms with Crippen LogP contribution in [0.15, 0.2) is 18.2 Å². The number of rotatable bonds is 30. The minimum absolute atomic E-state index is 0.0748. The van der Waals surface area contributed by atoms with Crippen LogP contribution in [0.2, 0.25) is 0 Å². The monoisotopic (exact) mass is 1440 g/mol. The van der Waals surface area contributed by atoms with E-state index in [1.807, 2.05) is 83.1 Å². The van der Waals surface area contributed by atoms with E-state index in [4.69, 9.17) is 56.8 Å². The normalized spacial score (nSPS) is 29.5. The highest BCUT2D eigenvalue weighted by Crippen LogP contribution is 2.42. The Morgan fingerprint density at radius 3 is 0.569 bits per heavy atom. The molecule has 0 bridgehead atoms. The summed E-state index contributed by atoms with van der Waals surface area (Å²) in [4.78, 5) is 77.6. The third-order valence-corrected chi connectivity index (χ3v) is 21.4. The standard InChI is InChI=1S/C39H69N3O9.C39H63N3O9/c2*1-34(2)22-28(37(7,8)40-34)31(43)49-16-13-46-25-19-26(47-14-17-50-32(44)29-23-35(3,4)41-38(29,9)10)21-27(20-25)48-15-18-51-33(45)30-24-36(5,6)42-39(30,11)12/h25-30,40-42H,13-24H2,1-12H3;19-21,28-30,40-42H,13-18,22-24H2,1-12H3. The summed E-state index contributed by atoms with van der Waals surface area (Å²) in [6.07, 6.45) is 5.57. The van der Waals surface area contributed by atoms with Gasteiger partial charge in [0.2, 0.25) is 0 Å². The topological polar surface area (TPSA) is 285 Å². The molecule has 24 nitrogen and oxygen atoms in total. The molecule has 6 saturated heterocycles. The minimum Gasteiger partial charge on any atom is -0.490 e. The average Bonchev–Trinajstić information content (AvgIpc) is 1.68. The first-order chi connectivity index (χ1) is 46.8. The van der Waals surface area contributed by atoms with Gasteiger partial charge in [-0.05, 0) is 224 Å². The first-order valence-corrected chi connectivity index (χ1v) is 37.4. The number of esters is 6. The number of ether oxygens (including phenoxy) is 12. The van der Waals surface area contributed by atoms with Crippen molar-refractivity contribution in [1.29, 1.82) is 0 Å². The zero-order chi connectivity index (χ0) is 76.1. The summed E-state index contributed by atoms with van der Waals surface area (Å²) >= 11 is 0. The van der Waals surface area contributed by atoms with Gasteiger partial charge in [-0.3, -0.25) is 28.8 Å². The molecule has 6 N–H and O–H groups in total. The first-order valence-electron chi connectivity index (χ1n) is 37.4. The van der Waals surface area contributed by atoms with Gasteiger partial charge in [-0.15, -0.1) is 0 Å². The van der Waals surface area contributed by atoms with Gasteiger partial charge in [0, 0.05) is 84.7 Å². The predicted octanol–water partition coefficient (Wildman–Crippen LogP) is 9.41. The Bertz CT molecular complexity index is 2710. The Labute approximate surface area is 609 Å². The zero-order valence-corrected chi connectivity index (χ0v) is 66.6. The molecule has 0 amide bonds. The molecule has 24 heteroatoms. The fourth-order valence-electron chi connectivity index (χ4n) is 17.9. The number of carbonyl (C=O) groups excluding carboxylic acids is 6. The summed E-state index contributed by atoms with van der Waals surface area (Å²) in [5, 5.41) is 21.1. The van der Waals surface area contributed by atoms with Crippen LogP contribution in [0.4, 0.5) is 0 Å². The van der Waals surface area contributed by atoms with Crippen LogP contribution in [-0.2, 0) is 71.4 Å². The van der Waals surface area contributed by atoms with Crippen molar-refractivity contribution >= 4 is 35.8 Å². The molecule has 0 radical (unpaired) electrons. The van der Waals surface area contributed by atoms with Crippen molar-refractivity contribution < 1.29 is 85.6 Å². The largest absolute Gasteiger partial charge is 0.490 e. The number of carbonyl (C=O) groups is 6. The molecule has 102 heavy (non-hydrogen) atoms. The van der Waals surface area contributed by atoms with E-state index in [1.54, 1.807) is 18.2 Å². The summed E-state index contributed by atoms with van der Waals surface area (Å²) in [5.41, 5.74) is -2.99. The number of nitrogens with one attached hydrogen (secondary N) is 6. The zero-order valence-electron chi connectivity index (χ0n) is 66.6. The van der Waals surface area contributed by atoms with Crippen molar-refractivity contribution in [3.8, 4) is 17.2 Å². The van der Waals surface area contributed by atoms with E-state index in [-0.39, 0.29) is 235 Å². The minimum atomic E-state index is -0.371. The average molecular weight is 1440 g/mol. The molecule has 8 rings (SSSR count). The van der Waals surface area contributed by atoms with Crippen molar-refractivity contribution in [3.63, 3.8) is 0 Å². The van der Waals surface area contributed by atoms with Crippen molar-refractivity contribution in [2.45, 2.75) is 309 Å². The van der Waals surface area contributed by atoms with E-state index in [2.05, 4.69) is 115 Å². The Morgan fingerprint density at radius 1 is 0.265 bits per heavy atom. The van der Waals surface area contributed by atoms with Crippen LogP contribution in [0.3, 0.4) is 0 Å². The van der Waals surface area contributed by atoms with Gasteiger partial charge in [0.05, 0.1) is 73.6 Å². The quantitative estimate of drug-likeness (QED) is 0.0237. The highest BCUT2D eigenvalue weighted by Gasteiger charge is 2.54. The van der Waals surface area contributed by atoms with Crippen LogP contribution in [0.1, 0.15) is 224 Å². The van der Waals surface area contributed by atoms with Gasteiger partial charge >= 0.3 is 35.8 Å². The third-order valence-electron chi connectivity index (χ3n) is 21.4. The van der Waals surface area contributed by atoms with Crippen LogP contribution in [0.5, 0.6) is 17.2 Å². The molecular formula is C78H132N6O18. The predicted molar refractivity (Wildman–Crippen MR) is 388 cm³/mol. The molecule has 6 heterocycles. The molecule has 0 spiro atoms. The summed E-state index contributed by atoms with van der Waals surface area (Å²) in [5.74, 6) is -1.56. The van der Waals surface area contributed by atoms with E-state index >= 15 is 0 Å². The summed E-state index contributed by atoms with van der Waals surface area (Å²) < 4.78 is 70.4. The second-order valence-electron chi connectivity index (χ2n) is 37.3. The summed E-state index contributed by atoms with van der Waals surface area (Å²) in [7, 11) is 0. The maximum atomic E-state index is 13.0. The fourth-order valence-corrected chi connectivity index (χ4v) is 17.9. The lowest BCUT2D eigenvalue weighted by Crippen LogP contribution is -2.46. The van der Waals surface area contributed by atoms with Gasteiger partial charge in [-0.1, -0.05) is 0 Å².